The molecule has 0 unspecified atom stereocenters. The van der Waals surface area contributed by atoms with Gasteiger partial charge in [0.2, 0.25) is 0 Å². The van der Waals surface area contributed by atoms with Crippen molar-refractivity contribution >= 4 is 27.4 Å². The van der Waals surface area contributed by atoms with Crippen LogP contribution >= 0.6 is 0 Å². The topological polar surface area (TPSA) is 68.8 Å². The molecule has 7 heteroatoms. The zero-order valence-electron chi connectivity index (χ0n) is 12.1. The number of nitriles is 1. The minimum atomic E-state index is -2.49. The number of hydrogen-bond donors (Lipinski definition) is 0. The van der Waals surface area contributed by atoms with E-state index in [9.17, 15) is 8.60 Å². The number of nitrogens with zero attached hydrogens (tertiary/aromatic N) is 4. The van der Waals surface area contributed by atoms with Gasteiger partial charge in [-0.3, -0.25) is 0 Å². The average molecular weight is 296 g/mol. The van der Waals surface area contributed by atoms with Crippen molar-refractivity contribution in [3.8, 4) is 6.07 Å². The highest BCUT2D eigenvalue weighted by atomic mass is 32.2. The Morgan fingerprint density at radius 2 is 2.00 bits per heavy atom. The average Bonchev–Trinajstić information content (AvgIpc) is 2.31. The highest BCUT2D eigenvalue weighted by Gasteiger charge is 2.15. The van der Waals surface area contributed by atoms with E-state index < -0.39 is 15.5 Å². The summed E-state index contributed by atoms with van der Waals surface area (Å²) >= 11 is 0. The number of rotatable bonds is 3. The molecule has 0 bridgehead atoms. The molecule has 0 atom stereocenters. The highest BCUT2D eigenvalue weighted by molar-refractivity contribution is 7.92. The van der Waals surface area contributed by atoms with E-state index in [0.29, 0.717) is 5.69 Å². The summed E-state index contributed by atoms with van der Waals surface area (Å²) in [7, 11) is 1.07. The van der Waals surface area contributed by atoms with E-state index in [-0.39, 0.29) is 16.8 Å². The van der Waals surface area contributed by atoms with Crippen LogP contribution in [0.3, 0.4) is 0 Å². The molecule has 0 aromatic heterocycles. The van der Waals surface area contributed by atoms with Crippen LogP contribution in [-0.2, 0) is 9.73 Å². The first-order chi connectivity index (χ1) is 9.15. The lowest BCUT2D eigenvalue weighted by molar-refractivity contribution is 0.619. The second kappa shape index (κ2) is 6.01. The number of hydrogen-bond acceptors (Lipinski definition) is 4. The van der Waals surface area contributed by atoms with Crippen LogP contribution in [0.25, 0.3) is 0 Å². The first-order valence-electron chi connectivity index (χ1n) is 5.76. The largest absolute Gasteiger partial charge is 0.369 e. The molecule has 0 N–H and O–H groups in total. The van der Waals surface area contributed by atoms with Crippen molar-refractivity contribution in [1.29, 1.82) is 5.26 Å². The molecule has 0 aliphatic rings. The molecule has 1 aromatic carbocycles. The summed E-state index contributed by atoms with van der Waals surface area (Å²) in [6, 6.07) is 3.27. The molecule has 0 heterocycles. The summed E-state index contributed by atoms with van der Waals surface area (Å²) in [6.07, 6.45) is 4.35. The van der Waals surface area contributed by atoms with Gasteiger partial charge < -0.3 is 4.90 Å². The summed E-state index contributed by atoms with van der Waals surface area (Å²) in [5, 5.41) is 9.12. The molecule has 0 amide bonds. The van der Waals surface area contributed by atoms with Crippen molar-refractivity contribution in [3.05, 3.63) is 23.0 Å². The van der Waals surface area contributed by atoms with Crippen LogP contribution in [0.5, 0.6) is 0 Å². The van der Waals surface area contributed by atoms with Gasteiger partial charge in [0.1, 0.15) is 11.8 Å². The van der Waals surface area contributed by atoms with Crippen molar-refractivity contribution in [2.75, 3.05) is 26.6 Å². The third-order valence-corrected chi connectivity index (χ3v) is 2.95. The molecule has 0 radical (unpaired) electrons. The molecule has 0 aliphatic carbocycles. The van der Waals surface area contributed by atoms with Gasteiger partial charge in [0.05, 0.1) is 17.6 Å². The minimum absolute atomic E-state index is 0.0394. The van der Waals surface area contributed by atoms with E-state index in [1.165, 1.54) is 31.8 Å². The van der Waals surface area contributed by atoms with Crippen molar-refractivity contribution in [2.24, 2.45) is 9.36 Å². The third-order valence-electron chi connectivity index (χ3n) is 2.32. The van der Waals surface area contributed by atoms with E-state index >= 15 is 0 Å². The van der Waals surface area contributed by atoms with E-state index in [0.717, 1.165) is 0 Å². The van der Waals surface area contributed by atoms with Gasteiger partial charge in [-0.1, -0.05) is 0 Å². The molecule has 1 aromatic rings. The first kappa shape index (κ1) is 16.1. The molecular weight excluding hydrogens is 279 g/mol. The first-order valence-corrected chi connectivity index (χ1v) is 8.10. The zero-order valence-corrected chi connectivity index (χ0v) is 13.0. The van der Waals surface area contributed by atoms with Gasteiger partial charge in [-0.25, -0.2) is 13.6 Å². The fourth-order valence-corrected chi connectivity index (χ4v) is 2.09. The summed E-state index contributed by atoms with van der Waals surface area (Å²) in [5.74, 6) is -0.637. The number of benzene rings is 1. The molecule has 108 valence electrons. The van der Waals surface area contributed by atoms with Crippen molar-refractivity contribution < 1.29 is 8.60 Å². The summed E-state index contributed by atoms with van der Waals surface area (Å²) in [4.78, 5) is 5.82. The Kier molecular flexibility index (Phi) is 4.84. The normalized spacial score (nSPS) is 11.4. The maximum Gasteiger partial charge on any atom is 0.153 e. The maximum absolute atomic E-state index is 14.1. The quantitative estimate of drug-likeness (QED) is 0.636. The zero-order chi connectivity index (χ0) is 15.5. The Morgan fingerprint density at radius 3 is 2.45 bits per heavy atom. The van der Waals surface area contributed by atoms with Crippen molar-refractivity contribution in [1.82, 2.24) is 4.90 Å². The van der Waals surface area contributed by atoms with Crippen molar-refractivity contribution in [2.45, 2.75) is 6.92 Å². The van der Waals surface area contributed by atoms with Crippen LogP contribution in [0.4, 0.5) is 15.8 Å². The van der Waals surface area contributed by atoms with E-state index in [4.69, 9.17) is 5.26 Å². The minimum Gasteiger partial charge on any atom is -0.369 e. The molecule has 0 aliphatic heterocycles. The van der Waals surface area contributed by atoms with Gasteiger partial charge in [0.15, 0.2) is 5.82 Å². The van der Waals surface area contributed by atoms with Gasteiger partial charge >= 0.3 is 0 Å². The molecular formula is C13H17FN4OS. The Morgan fingerprint density at radius 1 is 1.40 bits per heavy atom. The lowest BCUT2D eigenvalue weighted by Gasteiger charge is -2.08. The van der Waals surface area contributed by atoms with Crippen LogP contribution in [0.1, 0.15) is 11.1 Å². The second-order valence-corrected chi connectivity index (χ2v) is 7.37. The van der Waals surface area contributed by atoms with Crippen molar-refractivity contribution in [3.63, 3.8) is 0 Å². The lowest BCUT2D eigenvalue weighted by atomic mass is 10.1. The van der Waals surface area contributed by atoms with Gasteiger partial charge in [-0.2, -0.15) is 9.62 Å². The van der Waals surface area contributed by atoms with Gasteiger partial charge in [-0.15, -0.1) is 0 Å². The smallest absolute Gasteiger partial charge is 0.153 e. The highest BCUT2D eigenvalue weighted by Crippen LogP contribution is 2.32. The maximum atomic E-state index is 14.1. The fourth-order valence-electron chi connectivity index (χ4n) is 1.48. The molecule has 0 spiro atoms. The summed E-state index contributed by atoms with van der Waals surface area (Å²) < 4.78 is 29.7. The Hall–Kier alpha value is -1.94. The predicted molar refractivity (Wildman–Crippen MR) is 79.8 cm³/mol. The lowest BCUT2D eigenvalue weighted by Crippen LogP contribution is -2.07. The molecule has 1 rings (SSSR count). The van der Waals surface area contributed by atoms with E-state index in [1.807, 2.05) is 6.07 Å². The SMILES string of the molecule is Cc1c(F)c(N=S(C)(C)=O)cc(/N=C/N(C)C)c1C#N. The fraction of sp³-hybridized carbons (Fsp3) is 0.385. The molecule has 5 nitrogen and oxygen atoms in total. The third kappa shape index (κ3) is 4.03. The Balaban J connectivity index is 3.61. The van der Waals surface area contributed by atoms with Crippen LogP contribution < -0.4 is 0 Å². The van der Waals surface area contributed by atoms with E-state index in [2.05, 4.69) is 9.36 Å². The molecule has 0 saturated heterocycles. The molecule has 20 heavy (non-hydrogen) atoms. The van der Waals surface area contributed by atoms with Gasteiger partial charge in [-0.05, 0) is 13.0 Å². The molecule has 0 fully saturated rings. The van der Waals surface area contributed by atoms with Gasteiger partial charge in [0.25, 0.3) is 0 Å². The summed E-state index contributed by atoms with van der Waals surface area (Å²) in [5.41, 5.74) is 0.575. The van der Waals surface area contributed by atoms with Crippen LogP contribution in [0.2, 0.25) is 0 Å². The van der Waals surface area contributed by atoms with Crippen LogP contribution in [-0.4, -0.2) is 42.1 Å². The predicted octanol–water partition coefficient (Wildman–Crippen LogP) is 2.59. The summed E-state index contributed by atoms with van der Waals surface area (Å²) in [6.45, 7) is 1.48. The monoisotopic (exact) mass is 296 g/mol. The number of aliphatic imine (C=N–C) groups is 1. The molecule has 0 saturated carbocycles. The number of halogens is 1. The van der Waals surface area contributed by atoms with Crippen LogP contribution in [0.15, 0.2) is 15.4 Å². The van der Waals surface area contributed by atoms with Gasteiger partial charge in [0, 0.05) is 41.9 Å². The van der Waals surface area contributed by atoms with Crippen LogP contribution in [0, 0.1) is 24.1 Å². The standard InChI is InChI=1S/C13H17FN4OS/c1-9-10(7-15)11(16-8-18(2)3)6-12(13(9)14)17-20(4,5)19/h6,8H,1-5H3/b16-8+. The van der Waals surface area contributed by atoms with E-state index in [1.54, 1.807) is 19.0 Å². The second-order valence-electron chi connectivity index (χ2n) is 4.82. The Labute approximate surface area is 118 Å². The Bertz CT molecular complexity index is 702.